The topological polar surface area (TPSA) is 75.9 Å². The van der Waals surface area contributed by atoms with Crippen LogP contribution in [0.1, 0.15) is 25.5 Å². The highest BCUT2D eigenvalue weighted by atomic mass is 35.5. The number of likely N-dealkylation sites (tertiary alicyclic amines) is 1. The predicted octanol–water partition coefficient (Wildman–Crippen LogP) is 2.27. The molecule has 1 fully saturated rings. The SMILES string of the molecule is CCOC(=O)N1CCC(NC(=O)Cc2cn3cc(Cl)ccc3n2)CC1. The summed E-state index contributed by atoms with van der Waals surface area (Å²) >= 11 is 5.95. The van der Waals surface area contributed by atoms with E-state index in [1.54, 1.807) is 24.1 Å². The molecule has 0 aromatic carbocycles. The van der Waals surface area contributed by atoms with Gasteiger partial charge in [0, 0.05) is 31.5 Å². The van der Waals surface area contributed by atoms with Gasteiger partial charge in [0.2, 0.25) is 5.91 Å². The van der Waals surface area contributed by atoms with Gasteiger partial charge in [-0.15, -0.1) is 0 Å². The number of amides is 2. The Balaban J connectivity index is 1.50. The number of piperidine rings is 1. The maximum absolute atomic E-state index is 12.3. The van der Waals surface area contributed by atoms with Crippen molar-refractivity contribution in [1.29, 1.82) is 0 Å². The fourth-order valence-electron chi connectivity index (χ4n) is 2.97. The van der Waals surface area contributed by atoms with Crippen molar-refractivity contribution in [2.75, 3.05) is 19.7 Å². The monoisotopic (exact) mass is 364 g/mol. The Morgan fingerprint density at radius 1 is 1.32 bits per heavy atom. The highest BCUT2D eigenvalue weighted by Crippen LogP contribution is 2.14. The van der Waals surface area contributed by atoms with E-state index in [0.29, 0.717) is 30.4 Å². The van der Waals surface area contributed by atoms with Gasteiger partial charge in [-0.3, -0.25) is 4.79 Å². The molecule has 1 saturated heterocycles. The van der Waals surface area contributed by atoms with Gasteiger partial charge in [0.05, 0.1) is 23.7 Å². The normalized spacial score (nSPS) is 15.4. The average molecular weight is 365 g/mol. The first-order valence-electron chi connectivity index (χ1n) is 8.39. The molecule has 0 spiro atoms. The van der Waals surface area contributed by atoms with E-state index in [4.69, 9.17) is 16.3 Å². The molecule has 0 radical (unpaired) electrons. The standard InChI is InChI=1S/C17H21ClN4O3/c1-2-25-17(24)21-7-5-13(6-8-21)20-16(23)9-14-11-22-10-12(18)3-4-15(22)19-14/h3-4,10-11,13H,2,5-9H2,1H3,(H,20,23). The molecular weight excluding hydrogens is 344 g/mol. The van der Waals surface area contributed by atoms with Crippen molar-refractivity contribution < 1.29 is 14.3 Å². The molecule has 0 aliphatic carbocycles. The molecule has 1 aliphatic rings. The number of aromatic nitrogens is 2. The van der Waals surface area contributed by atoms with Crippen molar-refractivity contribution in [1.82, 2.24) is 19.6 Å². The fraction of sp³-hybridized carbons (Fsp3) is 0.471. The first kappa shape index (κ1) is 17.5. The number of nitrogens with one attached hydrogen (secondary N) is 1. The van der Waals surface area contributed by atoms with Gasteiger partial charge in [-0.25, -0.2) is 9.78 Å². The van der Waals surface area contributed by atoms with E-state index in [1.807, 2.05) is 16.7 Å². The van der Waals surface area contributed by atoms with Gasteiger partial charge in [-0.05, 0) is 31.9 Å². The molecule has 1 aliphatic heterocycles. The van der Waals surface area contributed by atoms with Gasteiger partial charge < -0.3 is 19.4 Å². The van der Waals surface area contributed by atoms with Crippen LogP contribution in [0, 0.1) is 0 Å². The number of rotatable bonds is 4. The lowest BCUT2D eigenvalue weighted by molar-refractivity contribution is -0.121. The lowest BCUT2D eigenvalue weighted by atomic mass is 10.1. The van der Waals surface area contributed by atoms with Gasteiger partial charge >= 0.3 is 6.09 Å². The Bertz CT molecular complexity index is 768. The second kappa shape index (κ2) is 7.74. The number of imidazole rings is 1. The van der Waals surface area contributed by atoms with E-state index < -0.39 is 0 Å². The summed E-state index contributed by atoms with van der Waals surface area (Å²) in [5, 5.41) is 3.64. The third-order valence-corrected chi connectivity index (χ3v) is 4.42. The third kappa shape index (κ3) is 4.42. The van der Waals surface area contributed by atoms with E-state index in [9.17, 15) is 9.59 Å². The average Bonchev–Trinajstić information content (AvgIpc) is 2.96. The molecule has 25 heavy (non-hydrogen) atoms. The largest absolute Gasteiger partial charge is 0.450 e. The number of nitrogens with zero attached hydrogens (tertiary/aromatic N) is 3. The number of hydrogen-bond acceptors (Lipinski definition) is 4. The molecule has 3 rings (SSSR count). The molecule has 8 heteroatoms. The van der Waals surface area contributed by atoms with Crippen molar-refractivity contribution in [3.05, 3.63) is 35.2 Å². The van der Waals surface area contributed by atoms with E-state index >= 15 is 0 Å². The van der Waals surface area contributed by atoms with Crippen LogP contribution in [0.3, 0.4) is 0 Å². The first-order chi connectivity index (χ1) is 12.0. The van der Waals surface area contributed by atoms with Crippen LogP contribution in [0.4, 0.5) is 4.79 Å². The smallest absolute Gasteiger partial charge is 0.409 e. The summed E-state index contributed by atoms with van der Waals surface area (Å²) in [6.45, 7) is 3.35. The van der Waals surface area contributed by atoms with Crippen LogP contribution in [-0.2, 0) is 16.0 Å². The Hall–Kier alpha value is -2.28. The van der Waals surface area contributed by atoms with E-state index in [2.05, 4.69) is 10.3 Å². The van der Waals surface area contributed by atoms with E-state index in [-0.39, 0.29) is 24.5 Å². The second-order valence-corrected chi connectivity index (χ2v) is 6.49. The molecule has 2 aromatic rings. The molecule has 0 unspecified atom stereocenters. The van der Waals surface area contributed by atoms with Crippen LogP contribution < -0.4 is 5.32 Å². The number of carbonyl (C=O) groups excluding carboxylic acids is 2. The molecule has 0 bridgehead atoms. The minimum Gasteiger partial charge on any atom is -0.450 e. The molecule has 0 atom stereocenters. The highest BCUT2D eigenvalue weighted by molar-refractivity contribution is 6.30. The van der Waals surface area contributed by atoms with Crippen molar-refractivity contribution in [3.8, 4) is 0 Å². The molecule has 0 saturated carbocycles. The Morgan fingerprint density at radius 3 is 2.80 bits per heavy atom. The Kier molecular flexibility index (Phi) is 5.43. The van der Waals surface area contributed by atoms with Crippen molar-refractivity contribution in [2.45, 2.75) is 32.2 Å². The maximum Gasteiger partial charge on any atom is 0.409 e. The summed E-state index contributed by atoms with van der Waals surface area (Å²) in [5.41, 5.74) is 1.46. The van der Waals surface area contributed by atoms with Crippen LogP contribution in [0.5, 0.6) is 0 Å². The highest BCUT2D eigenvalue weighted by Gasteiger charge is 2.24. The molecule has 7 nitrogen and oxygen atoms in total. The maximum atomic E-state index is 12.3. The first-order valence-corrected chi connectivity index (χ1v) is 8.77. The number of halogens is 1. The Morgan fingerprint density at radius 2 is 2.08 bits per heavy atom. The summed E-state index contributed by atoms with van der Waals surface area (Å²) in [6.07, 6.45) is 4.96. The number of hydrogen-bond donors (Lipinski definition) is 1. The van der Waals surface area contributed by atoms with Crippen molar-refractivity contribution in [2.24, 2.45) is 0 Å². The number of pyridine rings is 1. The molecule has 3 heterocycles. The van der Waals surface area contributed by atoms with Crippen molar-refractivity contribution >= 4 is 29.2 Å². The number of ether oxygens (including phenoxy) is 1. The number of carbonyl (C=O) groups is 2. The lowest BCUT2D eigenvalue weighted by Crippen LogP contribution is -2.47. The van der Waals surface area contributed by atoms with Gasteiger partial charge in [-0.2, -0.15) is 0 Å². The van der Waals surface area contributed by atoms with Crippen LogP contribution in [0.25, 0.3) is 5.65 Å². The molecule has 1 N–H and O–H groups in total. The summed E-state index contributed by atoms with van der Waals surface area (Å²) in [5.74, 6) is -0.0657. The summed E-state index contributed by atoms with van der Waals surface area (Å²) in [7, 11) is 0. The van der Waals surface area contributed by atoms with Crippen LogP contribution >= 0.6 is 11.6 Å². The summed E-state index contributed by atoms with van der Waals surface area (Å²) in [6, 6.07) is 3.66. The van der Waals surface area contributed by atoms with Crippen LogP contribution in [-0.4, -0.2) is 52.0 Å². The number of fused-ring (bicyclic) bond motifs is 1. The predicted molar refractivity (Wildman–Crippen MR) is 93.7 cm³/mol. The molecule has 2 amide bonds. The van der Waals surface area contributed by atoms with Crippen LogP contribution in [0.2, 0.25) is 5.02 Å². The molecular formula is C17H21ClN4O3. The Labute approximate surface area is 150 Å². The van der Waals surface area contributed by atoms with Crippen molar-refractivity contribution in [3.63, 3.8) is 0 Å². The summed E-state index contributed by atoms with van der Waals surface area (Å²) in [4.78, 5) is 30.0. The zero-order valence-corrected chi connectivity index (χ0v) is 14.8. The van der Waals surface area contributed by atoms with E-state index in [0.717, 1.165) is 18.5 Å². The third-order valence-electron chi connectivity index (χ3n) is 4.19. The summed E-state index contributed by atoms with van der Waals surface area (Å²) < 4.78 is 6.80. The van der Waals surface area contributed by atoms with Gasteiger partial charge in [0.1, 0.15) is 5.65 Å². The van der Waals surface area contributed by atoms with E-state index in [1.165, 1.54) is 0 Å². The lowest BCUT2D eigenvalue weighted by Gasteiger charge is -2.31. The fourth-order valence-corrected chi connectivity index (χ4v) is 3.13. The quantitative estimate of drug-likeness (QED) is 0.902. The van der Waals surface area contributed by atoms with Gasteiger partial charge in [-0.1, -0.05) is 11.6 Å². The van der Waals surface area contributed by atoms with Gasteiger partial charge in [0.25, 0.3) is 0 Å². The molecule has 134 valence electrons. The van der Waals surface area contributed by atoms with Gasteiger partial charge in [0.15, 0.2) is 0 Å². The zero-order chi connectivity index (χ0) is 17.8. The zero-order valence-electron chi connectivity index (χ0n) is 14.1. The minimum absolute atomic E-state index is 0.0657. The second-order valence-electron chi connectivity index (χ2n) is 6.05. The molecule has 2 aromatic heterocycles. The van der Waals surface area contributed by atoms with Crippen LogP contribution in [0.15, 0.2) is 24.5 Å². The minimum atomic E-state index is -0.282.